The summed E-state index contributed by atoms with van der Waals surface area (Å²) in [7, 11) is 0. The van der Waals surface area contributed by atoms with E-state index in [1.807, 2.05) is 30.6 Å². The molecule has 3 aliphatic rings. The maximum absolute atomic E-state index is 12.9. The van der Waals surface area contributed by atoms with E-state index in [2.05, 4.69) is 26.3 Å². The molecule has 1 aromatic carbocycles. The van der Waals surface area contributed by atoms with E-state index >= 15 is 0 Å². The standard InChI is InChI=1S/C26H25N5O4/c32-24-4-3-23(25(33)29-24)31-13-18-10-20(1-2-22(18)26(31)34)35-21-6-8-30(15-21)14-19-9-17-11-27-7-5-16(17)12-28-19/h1-2,5,7,9-12,21,23H,3-4,6,8,13-15H2,(H,29,32,33)/t21-,23?/m0/s1. The molecule has 2 aromatic heterocycles. The van der Waals surface area contributed by atoms with Crippen LogP contribution in [-0.2, 0) is 22.7 Å². The number of amides is 3. The Bertz CT molecular complexity index is 1340. The highest BCUT2D eigenvalue weighted by molar-refractivity contribution is 6.05. The minimum Gasteiger partial charge on any atom is -0.489 e. The van der Waals surface area contributed by atoms with Gasteiger partial charge in [0.25, 0.3) is 5.91 Å². The van der Waals surface area contributed by atoms with E-state index in [9.17, 15) is 14.4 Å². The molecule has 0 radical (unpaired) electrons. The van der Waals surface area contributed by atoms with Gasteiger partial charge in [0.1, 0.15) is 17.9 Å². The summed E-state index contributed by atoms with van der Waals surface area (Å²) in [5.41, 5.74) is 2.45. The fourth-order valence-electron chi connectivity index (χ4n) is 5.19. The van der Waals surface area contributed by atoms with Gasteiger partial charge in [-0.25, -0.2) is 0 Å². The molecule has 0 aliphatic carbocycles. The number of ether oxygens (including phenoxy) is 1. The monoisotopic (exact) mass is 471 g/mol. The van der Waals surface area contributed by atoms with E-state index in [1.165, 1.54) is 0 Å². The van der Waals surface area contributed by atoms with E-state index in [0.29, 0.717) is 18.5 Å². The Kier molecular flexibility index (Phi) is 5.41. The number of piperidine rings is 1. The van der Waals surface area contributed by atoms with Crippen molar-refractivity contribution in [3.05, 3.63) is 65.7 Å². The number of likely N-dealkylation sites (tertiary alicyclic amines) is 1. The predicted octanol–water partition coefficient (Wildman–Crippen LogP) is 2.04. The average molecular weight is 472 g/mol. The van der Waals surface area contributed by atoms with Crippen molar-refractivity contribution in [2.75, 3.05) is 13.1 Å². The molecule has 6 rings (SSSR count). The Labute approximate surface area is 202 Å². The molecule has 35 heavy (non-hydrogen) atoms. The van der Waals surface area contributed by atoms with E-state index in [4.69, 9.17) is 4.74 Å². The maximum atomic E-state index is 12.9. The first-order chi connectivity index (χ1) is 17.0. The van der Waals surface area contributed by atoms with Gasteiger partial charge in [0.05, 0.1) is 5.69 Å². The summed E-state index contributed by atoms with van der Waals surface area (Å²) in [5.74, 6) is -0.137. The number of imide groups is 1. The Balaban J connectivity index is 1.08. The van der Waals surface area contributed by atoms with Crippen molar-refractivity contribution in [3.8, 4) is 5.75 Å². The Morgan fingerprint density at radius 2 is 1.97 bits per heavy atom. The molecule has 0 saturated carbocycles. The lowest BCUT2D eigenvalue weighted by Gasteiger charge is -2.29. The van der Waals surface area contributed by atoms with Crippen molar-refractivity contribution in [2.24, 2.45) is 0 Å². The molecule has 3 aromatic rings. The zero-order chi connectivity index (χ0) is 23.9. The minimum absolute atomic E-state index is 0.0542. The van der Waals surface area contributed by atoms with Gasteiger partial charge in [0.15, 0.2) is 0 Å². The maximum Gasteiger partial charge on any atom is 0.255 e. The van der Waals surface area contributed by atoms with Crippen molar-refractivity contribution in [2.45, 2.75) is 44.5 Å². The number of rotatable bonds is 5. The normalized spacial score (nSPS) is 22.5. The summed E-state index contributed by atoms with van der Waals surface area (Å²) in [6, 6.07) is 8.94. The largest absolute Gasteiger partial charge is 0.489 e. The van der Waals surface area contributed by atoms with Crippen LogP contribution in [0.25, 0.3) is 10.8 Å². The number of hydrogen-bond donors (Lipinski definition) is 1. The fourth-order valence-corrected chi connectivity index (χ4v) is 5.19. The zero-order valence-corrected chi connectivity index (χ0v) is 19.1. The number of fused-ring (bicyclic) bond motifs is 2. The topological polar surface area (TPSA) is 105 Å². The highest BCUT2D eigenvalue weighted by Crippen LogP contribution is 2.31. The molecule has 178 valence electrons. The van der Waals surface area contributed by atoms with Crippen molar-refractivity contribution in [3.63, 3.8) is 0 Å². The van der Waals surface area contributed by atoms with Gasteiger partial charge >= 0.3 is 0 Å². The Hall–Kier alpha value is -3.85. The van der Waals surface area contributed by atoms with Crippen LogP contribution >= 0.6 is 0 Å². The lowest BCUT2D eigenvalue weighted by atomic mass is 10.0. The van der Waals surface area contributed by atoms with Crippen molar-refractivity contribution in [1.82, 2.24) is 25.1 Å². The number of pyridine rings is 2. The Morgan fingerprint density at radius 1 is 1.06 bits per heavy atom. The number of carbonyl (C=O) groups excluding carboxylic acids is 3. The van der Waals surface area contributed by atoms with E-state index < -0.39 is 11.9 Å². The molecular weight excluding hydrogens is 446 g/mol. The summed E-state index contributed by atoms with van der Waals surface area (Å²) < 4.78 is 6.26. The molecule has 2 fully saturated rings. The smallest absolute Gasteiger partial charge is 0.255 e. The zero-order valence-electron chi connectivity index (χ0n) is 19.1. The van der Waals surface area contributed by atoms with E-state index in [1.54, 1.807) is 17.2 Å². The van der Waals surface area contributed by atoms with Crippen LogP contribution < -0.4 is 10.1 Å². The number of nitrogens with one attached hydrogen (secondary N) is 1. The fraction of sp³-hybridized carbons (Fsp3) is 0.346. The molecule has 2 saturated heterocycles. The molecule has 0 spiro atoms. The third-order valence-electron chi connectivity index (χ3n) is 6.99. The number of hydrogen-bond acceptors (Lipinski definition) is 7. The van der Waals surface area contributed by atoms with Gasteiger partial charge in [-0.15, -0.1) is 0 Å². The molecule has 3 aliphatic heterocycles. The van der Waals surface area contributed by atoms with Crippen molar-refractivity contribution in [1.29, 1.82) is 0 Å². The summed E-state index contributed by atoms with van der Waals surface area (Å²) in [6.07, 6.45) is 7.08. The predicted molar refractivity (Wildman–Crippen MR) is 126 cm³/mol. The van der Waals surface area contributed by atoms with Crippen LogP contribution in [0.4, 0.5) is 0 Å². The minimum atomic E-state index is -0.611. The van der Waals surface area contributed by atoms with Crippen LogP contribution in [0.2, 0.25) is 0 Å². The molecule has 5 heterocycles. The first-order valence-electron chi connectivity index (χ1n) is 11.9. The van der Waals surface area contributed by atoms with Crippen LogP contribution in [-0.4, -0.2) is 62.7 Å². The van der Waals surface area contributed by atoms with Crippen LogP contribution in [0.15, 0.2) is 48.9 Å². The lowest BCUT2D eigenvalue weighted by Crippen LogP contribution is -2.52. The third-order valence-corrected chi connectivity index (χ3v) is 6.99. The molecule has 1 unspecified atom stereocenters. The second-order valence-corrected chi connectivity index (χ2v) is 9.38. The summed E-state index contributed by atoms with van der Waals surface area (Å²) in [5, 5.41) is 4.50. The second kappa shape index (κ2) is 8.74. The quantitative estimate of drug-likeness (QED) is 0.568. The first kappa shape index (κ1) is 21.7. The average Bonchev–Trinajstić information content (AvgIpc) is 3.42. The van der Waals surface area contributed by atoms with E-state index in [-0.39, 0.29) is 24.3 Å². The molecule has 3 amide bonds. The molecule has 0 bridgehead atoms. The second-order valence-electron chi connectivity index (χ2n) is 9.38. The summed E-state index contributed by atoms with van der Waals surface area (Å²) >= 11 is 0. The third kappa shape index (κ3) is 4.23. The van der Waals surface area contributed by atoms with Gasteiger partial charge in [-0.2, -0.15) is 0 Å². The van der Waals surface area contributed by atoms with Crippen molar-refractivity contribution >= 4 is 28.5 Å². The molecule has 9 nitrogen and oxygen atoms in total. The van der Waals surface area contributed by atoms with Gasteiger partial charge in [0, 0.05) is 67.5 Å². The van der Waals surface area contributed by atoms with Crippen molar-refractivity contribution < 1.29 is 19.1 Å². The molecular formula is C26H25N5O4. The van der Waals surface area contributed by atoms with Crippen LogP contribution in [0.5, 0.6) is 5.75 Å². The number of benzene rings is 1. The number of carbonyl (C=O) groups is 3. The molecule has 9 heteroatoms. The molecule has 2 atom stereocenters. The van der Waals surface area contributed by atoms with E-state index in [0.717, 1.165) is 53.8 Å². The van der Waals surface area contributed by atoms with Crippen LogP contribution in [0, 0.1) is 0 Å². The van der Waals surface area contributed by atoms with Gasteiger partial charge in [-0.3, -0.25) is 34.6 Å². The Morgan fingerprint density at radius 3 is 2.86 bits per heavy atom. The van der Waals surface area contributed by atoms with Gasteiger partial charge in [-0.1, -0.05) is 0 Å². The van der Waals surface area contributed by atoms with Crippen LogP contribution in [0.3, 0.4) is 0 Å². The first-order valence-corrected chi connectivity index (χ1v) is 11.9. The number of nitrogens with zero attached hydrogens (tertiary/aromatic N) is 4. The lowest BCUT2D eigenvalue weighted by molar-refractivity contribution is -0.136. The summed E-state index contributed by atoms with van der Waals surface area (Å²) in [6.45, 7) is 2.82. The summed E-state index contributed by atoms with van der Waals surface area (Å²) in [4.78, 5) is 49.3. The molecule has 1 N–H and O–H groups in total. The van der Waals surface area contributed by atoms with Crippen LogP contribution in [0.1, 0.15) is 40.9 Å². The van der Waals surface area contributed by atoms with Gasteiger partial charge in [-0.05, 0) is 48.7 Å². The van der Waals surface area contributed by atoms with Gasteiger partial charge in [0.2, 0.25) is 11.8 Å². The highest BCUT2D eigenvalue weighted by atomic mass is 16.5. The highest BCUT2D eigenvalue weighted by Gasteiger charge is 2.39. The number of aromatic nitrogens is 2. The SMILES string of the molecule is O=C1CCC(N2Cc3cc(O[C@H]4CCN(Cc5cc6cnccc6cn5)C4)ccc3C2=O)C(=O)N1. The van der Waals surface area contributed by atoms with Gasteiger partial charge < -0.3 is 9.64 Å².